The van der Waals surface area contributed by atoms with Crippen LogP contribution in [-0.4, -0.2) is 18.1 Å². The van der Waals surface area contributed by atoms with Crippen LogP contribution in [0.2, 0.25) is 5.35 Å². The highest BCUT2D eigenvalue weighted by molar-refractivity contribution is 6.27. The number of nitrogens with one attached hydrogen (secondary N) is 1. The summed E-state index contributed by atoms with van der Waals surface area (Å²) in [5.41, 5.74) is 0.979. The minimum absolute atomic E-state index is 0.246. The normalized spacial score (nSPS) is 24.2. The maximum Gasteiger partial charge on any atom is 0.292 e. The molecule has 4 heteroatoms. The van der Waals surface area contributed by atoms with Gasteiger partial charge in [0.2, 0.25) is 0 Å². The molecule has 2 rings (SSSR count). The zero-order valence-corrected chi connectivity index (χ0v) is 7.47. The van der Waals surface area contributed by atoms with Crippen LogP contribution < -0.4 is 5.32 Å². The first-order chi connectivity index (χ1) is 5.86. The Labute approximate surface area is 76.1 Å². The first kappa shape index (κ1) is 8.08. The molecule has 0 aliphatic carbocycles. The van der Waals surface area contributed by atoms with Crippen LogP contribution in [0.25, 0.3) is 0 Å². The SMILES string of the molecule is Clc1nc(C2CCCNC2)co1. The summed E-state index contributed by atoms with van der Waals surface area (Å²) in [4.78, 5) is 4.09. The molecule has 1 unspecified atom stereocenters. The summed E-state index contributed by atoms with van der Waals surface area (Å²) >= 11 is 5.58. The number of hydrogen-bond acceptors (Lipinski definition) is 3. The number of hydrogen-bond donors (Lipinski definition) is 1. The van der Waals surface area contributed by atoms with Gasteiger partial charge in [0.1, 0.15) is 6.26 Å². The van der Waals surface area contributed by atoms with E-state index in [0.717, 1.165) is 18.8 Å². The van der Waals surface area contributed by atoms with Gasteiger partial charge in [0, 0.05) is 12.5 Å². The van der Waals surface area contributed by atoms with E-state index in [1.807, 2.05) is 0 Å². The van der Waals surface area contributed by atoms with Gasteiger partial charge in [-0.25, -0.2) is 4.98 Å². The summed E-state index contributed by atoms with van der Waals surface area (Å²) in [5, 5.41) is 3.56. The monoisotopic (exact) mass is 186 g/mol. The number of oxazole rings is 1. The molecule has 12 heavy (non-hydrogen) atoms. The molecule has 1 aromatic heterocycles. The molecular weight excluding hydrogens is 176 g/mol. The van der Waals surface area contributed by atoms with Gasteiger partial charge in [-0.3, -0.25) is 0 Å². The Kier molecular flexibility index (Phi) is 2.33. The van der Waals surface area contributed by atoms with E-state index < -0.39 is 0 Å². The Morgan fingerprint density at radius 1 is 1.67 bits per heavy atom. The summed E-state index contributed by atoms with van der Waals surface area (Å²) in [5.74, 6) is 0.481. The molecule has 0 aromatic carbocycles. The van der Waals surface area contributed by atoms with Crippen LogP contribution in [0.4, 0.5) is 0 Å². The molecule has 0 saturated carbocycles. The second-order valence-electron chi connectivity index (χ2n) is 3.07. The number of rotatable bonds is 1. The van der Waals surface area contributed by atoms with E-state index in [-0.39, 0.29) is 5.35 Å². The average molecular weight is 187 g/mol. The predicted molar refractivity (Wildman–Crippen MR) is 46.4 cm³/mol. The highest BCUT2D eigenvalue weighted by Gasteiger charge is 2.18. The van der Waals surface area contributed by atoms with Gasteiger partial charge in [0.25, 0.3) is 5.35 Å². The van der Waals surface area contributed by atoms with Gasteiger partial charge in [-0.15, -0.1) is 0 Å². The van der Waals surface area contributed by atoms with Crippen molar-refractivity contribution in [2.24, 2.45) is 0 Å². The van der Waals surface area contributed by atoms with Crippen molar-refractivity contribution in [1.82, 2.24) is 10.3 Å². The quantitative estimate of drug-likeness (QED) is 0.727. The highest BCUT2D eigenvalue weighted by atomic mass is 35.5. The fourth-order valence-corrected chi connectivity index (χ4v) is 1.70. The molecule has 1 atom stereocenters. The zero-order valence-electron chi connectivity index (χ0n) is 6.72. The van der Waals surface area contributed by atoms with E-state index in [9.17, 15) is 0 Å². The van der Waals surface area contributed by atoms with Gasteiger partial charge in [-0.1, -0.05) is 0 Å². The largest absolute Gasteiger partial charge is 0.436 e. The summed E-state index contributed by atoms with van der Waals surface area (Å²) < 4.78 is 4.94. The summed E-state index contributed by atoms with van der Waals surface area (Å²) in [7, 11) is 0. The molecule has 1 aromatic rings. The second kappa shape index (κ2) is 3.46. The molecule has 1 saturated heterocycles. The van der Waals surface area contributed by atoms with E-state index in [2.05, 4.69) is 10.3 Å². The molecule has 1 aliphatic heterocycles. The Bertz CT molecular complexity index is 255. The first-order valence-electron chi connectivity index (χ1n) is 4.18. The molecule has 1 fully saturated rings. The van der Waals surface area contributed by atoms with Crippen molar-refractivity contribution in [3.05, 3.63) is 17.3 Å². The molecule has 3 nitrogen and oxygen atoms in total. The first-order valence-corrected chi connectivity index (χ1v) is 4.55. The second-order valence-corrected chi connectivity index (χ2v) is 3.39. The van der Waals surface area contributed by atoms with Crippen molar-refractivity contribution in [3.63, 3.8) is 0 Å². The molecular formula is C8H11ClN2O. The molecule has 1 N–H and O–H groups in total. The Morgan fingerprint density at radius 2 is 2.58 bits per heavy atom. The number of aromatic nitrogens is 1. The maximum absolute atomic E-state index is 5.58. The Balaban J connectivity index is 2.08. The fraction of sp³-hybridized carbons (Fsp3) is 0.625. The van der Waals surface area contributed by atoms with Crippen molar-refractivity contribution in [2.75, 3.05) is 13.1 Å². The standard InChI is InChI=1S/C8H11ClN2O/c9-8-11-7(5-12-8)6-2-1-3-10-4-6/h5-6,10H,1-4H2. The smallest absolute Gasteiger partial charge is 0.292 e. The van der Waals surface area contributed by atoms with Gasteiger partial charge in [-0.2, -0.15) is 0 Å². The average Bonchev–Trinajstić information content (AvgIpc) is 2.54. The topological polar surface area (TPSA) is 38.1 Å². The Hall–Kier alpha value is -0.540. The third-order valence-electron chi connectivity index (χ3n) is 2.21. The van der Waals surface area contributed by atoms with Crippen LogP contribution in [-0.2, 0) is 0 Å². The lowest BCUT2D eigenvalue weighted by molar-refractivity contribution is 0.453. The van der Waals surface area contributed by atoms with Crippen molar-refractivity contribution in [3.8, 4) is 0 Å². The van der Waals surface area contributed by atoms with E-state index in [0.29, 0.717) is 5.92 Å². The van der Waals surface area contributed by atoms with Crippen LogP contribution in [0, 0.1) is 0 Å². The van der Waals surface area contributed by atoms with Gasteiger partial charge in [0.05, 0.1) is 5.69 Å². The van der Waals surface area contributed by atoms with Gasteiger partial charge in [-0.05, 0) is 31.0 Å². The molecule has 2 heterocycles. The molecule has 1 aliphatic rings. The number of halogens is 1. The summed E-state index contributed by atoms with van der Waals surface area (Å²) in [6.45, 7) is 2.10. The highest BCUT2D eigenvalue weighted by Crippen LogP contribution is 2.23. The lowest BCUT2D eigenvalue weighted by atomic mass is 9.97. The van der Waals surface area contributed by atoms with E-state index >= 15 is 0 Å². The van der Waals surface area contributed by atoms with Gasteiger partial charge in [0.15, 0.2) is 0 Å². The van der Waals surface area contributed by atoms with Crippen molar-refractivity contribution < 1.29 is 4.42 Å². The molecule has 0 amide bonds. The van der Waals surface area contributed by atoms with Gasteiger partial charge >= 0.3 is 0 Å². The number of piperidine rings is 1. The zero-order chi connectivity index (χ0) is 8.39. The molecule has 0 spiro atoms. The van der Waals surface area contributed by atoms with Crippen LogP contribution in [0.15, 0.2) is 10.7 Å². The third kappa shape index (κ3) is 1.62. The summed E-state index contributed by atoms with van der Waals surface area (Å²) in [6, 6.07) is 0. The fourth-order valence-electron chi connectivity index (χ4n) is 1.55. The van der Waals surface area contributed by atoms with E-state index in [1.54, 1.807) is 6.26 Å². The maximum atomic E-state index is 5.58. The lowest BCUT2D eigenvalue weighted by Crippen LogP contribution is -2.28. The minimum atomic E-state index is 0.246. The van der Waals surface area contributed by atoms with Crippen molar-refractivity contribution in [1.29, 1.82) is 0 Å². The van der Waals surface area contributed by atoms with Crippen molar-refractivity contribution in [2.45, 2.75) is 18.8 Å². The van der Waals surface area contributed by atoms with Crippen LogP contribution >= 0.6 is 11.6 Å². The third-order valence-corrected chi connectivity index (χ3v) is 2.38. The van der Waals surface area contributed by atoms with Crippen LogP contribution in [0.5, 0.6) is 0 Å². The molecule has 0 bridgehead atoms. The van der Waals surface area contributed by atoms with Gasteiger partial charge < -0.3 is 9.73 Å². The van der Waals surface area contributed by atoms with Crippen LogP contribution in [0.3, 0.4) is 0 Å². The van der Waals surface area contributed by atoms with Crippen molar-refractivity contribution >= 4 is 11.6 Å². The molecule has 0 radical (unpaired) electrons. The van der Waals surface area contributed by atoms with E-state index in [4.69, 9.17) is 16.0 Å². The molecule has 66 valence electrons. The minimum Gasteiger partial charge on any atom is -0.436 e. The summed E-state index contributed by atoms with van der Waals surface area (Å²) in [6.07, 6.45) is 4.03. The predicted octanol–water partition coefficient (Wildman–Crippen LogP) is 1.79. The lowest BCUT2D eigenvalue weighted by Gasteiger charge is -2.20. The van der Waals surface area contributed by atoms with E-state index in [1.165, 1.54) is 12.8 Å². The van der Waals surface area contributed by atoms with Crippen LogP contribution in [0.1, 0.15) is 24.5 Å². The Morgan fingerprint density at radius 3 is 3.17 bits per heavy atom. The number of nitrogens with zero attached hydrogens (tertiary/aromatic N) is 1.